The van der Waals surface area contributed by atoms with Gasteiger partial charge in [-0.25, -0.2) is 9.97 Å². The zero-order valence-electron chi connectivity index (χ0n) is 14.0. The smallest absolute Gasteiger partial charge is 0.254 e. The molecule has 7 heteroatoms. The summed E-state index contributed by atoms with van der Waals surface area (Å²) in [5.74, 6) is 0.182. The number of hydrogen-bond acceptors (Lipinski definition) is 5. The minimum atomic E-state index is -0.206. The van der Waals surface area contributed by atoms with Gasteiger partial charge in [0.15, 0.2) is 0 Å². The van der Waals surface area contributed by atoms with E-state index >= 15 is 0 Å². The number of ether oxygens (including phenoxy) is 1. The molecule has 6 nitrogen and oxygen atoms in total. The Morgan fingerprint density at radius 3 is 2.58 bits per heavy atom. The maximum Gasteiger partial charge on any atom is 0.254 e. The fourth-order valence-electron chi connectivity index (χ4n) is 2.22. The number of halogens is 1. The predicted molar refractivity (Wildman–Crippen MR) is 95.1 cm³/mol. The summed E-state index contributed by atoms with van der Waals surface area (Å²) in [6.07, 6.45) is 3.73. The third-order valence-electron chi connectivity index (χ3n) is 3.39. The molecule has 2 aromatic rings. The van der Waals surface area contributed by atoms with Crippen LogP contribution in [-0.2, 0) is 4.74 Å². The molecule has 0 bridgehead atoms. The standard InChI is InChI=1S/C17H21ClN4O2/c1-11-7-12(2)15(14(18)8-11)22-17-20-9-13(10-21-17)16(23)19-5-4-6-24-3/h7-10H,4-6H2,1-3H3,(H,19,23)(H,20,21,22). The average Bonchev–Trinajstić information content (AvgIpc) is 2.55. The zero-order chi connectivity index (χ0) is 17.5. The Balaban J connectivity index is 2.01. The summed E-state index contributed by atoms with van der Waals surface area (Å²) in [7, 11) is 1.63. The van der Waals surface area contributed by atoms with E-state index in [1.807, 2.05) is 26.0 Å². The molecule has 2 rings (SSSR count). The number of benzene rings is 1. The van der Waals surface area contributed by atoms with Crippen molar-refractivity contribution in [3.8, 4) is 0 Å². The van der Waals surface area contributed by atoms with Crippen molar-refractivity contribution in [2.24, 2.45) is 0 Å². The molecule has 0 aliphatic carbocycles. The Morgan fingerprint density at radius 1 is 1.25 bits per heavy atom. The highest BCUT2D eigenvalue weighted by Crippen LogP contribution is 2.29. The molecule has 1 aromatic heterocycles. The molecule has 0 atom stereocenters. The number of amides is 1. The van der Waals surface area contributed by atoms with Crippen LogP contribution in [0.25, 0.3) is 0 Å². The third kappa shape index (κ3) is 4.91. The van der Waals surface area contributed by atoms with Crippen LogP contribution in [0.15, 0.2) is 24.5 Å². The maximum atomic E-state index is 11.9. The van der Waals surface area contributed by atoms with Gasteiger partial charge >= 0.3 is 0 Å². The van der Waals surface area contributed by atoms with Crippen LogP contribution in [0.1, 0.15) is 27.9 Å². The number of carbonyl (C=O) groups excluding carboxylic acids is 1. The lowest BCUT2D eigenvalue weighted by Crippen LogP contribution is -2.25. The van der Waals surface area contributed by atoms with Crippen LogP contribution < -0.4 is 10.6 Å². The van der Waals surface area contributed by atoms with E-state index < -0.39 is 0 Å². The van der Waals surface area contributed by atoms with E-state index in [1.165, 1.54) is 12.4 Å². The monoisotopic (exact) mass is 348 g/mol. The number of carbonyl (C=O) groups is 1. The fourth-order valence-corrected chi connectivity index (χ4v) is 2.58. The van der Waals surface area contributed by atoms with Crippen molar-refractivity contribution in [1.29, 1.82) is 0 Å². The van der Waals surface area contributed by atoms with Gasteiger partial charge in [-0.1, -0.05) is 17.7 Å². The van der Waals surface area contributed by atoms with Crippen LogP contribution in [0.4, 0.5) is 11.6 Å². The number of rotatable bonds is 7. The lowest BCUT2D eigenvalue weighted by atomic mass is 10.1. The molecule has 2 N–H and O–H groups in total. The number of nitrogens with zero attached hydrogens (tertiary/aromatic N) is 2. The van der Waals surface area contributed by atoms with Crippen LogP contribution in [0, 0.1) is 13.8 Å². The summed E-state index contributed by atoms with van der Waals surface area (Å²) in [6.45, 7) is 5.10. The van der Waals surface area contributed by atoms with Gasteiger partial charge in [0.2, 0.25) is 5.95 Å². The van der Waals surface area contributed by atoms with Gasteiger partial charge in [0.1, 0.15) is 0 Å². The van der Waals surface area contributed by atoms with Crippen LogP contribution in [0.3, 0.4) is 0 Å². The summed E-state index contributed by atoms with van der Waals surface area (Å²) in [5.41, 5.74) is 3.26. The molecule has 24 heavy (non-hydrogen) atoms. The van der Waals surface area contributed by atoms with Gasteiger partial charge in [-0.2, -0.15) is 0 Å². The molecular formula is C17H21ClN4O2. The van der Waals surface area contributed by atoms with Crippen LogP contribution in [-0.4, -0.2) is 36.1 Å². The Labute approximate surface area is 146 Å². The fraction of sp³-hybridized carbons (Fsp3) is 0.353. The first-order chi connectivity index (χ1) is 11.5. The van der Waals surface area contributed by atoms with Gasteiger partial charge in [0.25, 0.3) is 5.91 Å². The van der Waals surface area contributed by atoms with Crippen molar-refractivity contribution in [3.05, 3.63) is 46.2 Å². The maximum absolute atomic E-state index is 11.9. The largest absolute Gasteiger partial charge is 0.385 e. The van der Waals surface area contributed by atoms with Gasteiger partial charge in [0, 0.05) is 32.7 Å². The Morgan fingerprint density at radius 2 is 1.96 bits per heavy atom. The number of hydrogen-bond donors (Lipinski definition) is 2. The summed E-state index contributed by atoms with van der Waals surface area (Å²) in [5, 5.41) is 6.49. The molecule has 0 aliphatic rings. The summed E-state index contributed by atoms with van der Waals surface area (Å²) in [4.78, 5) is 20.3. The second kappa shape index (κ2) is 8.61. The summed E-state index contributed by atoms with van der Waals surface area (Å²) >= 11 is 6.26. The normalized spacial score (nSPS) is 10.5. The highest BCUT2D eigenvalue weighted by Gasteiger charge is 2.09. The molecule has 0 saturated heterocycles. The van der Waals surface area contributed by atoms with E-state index in [4.69, 9.17) is 16.3 Å². The van der Waals surface area contributed by atoms with Gasteiger partial charge in [-0.05, 0) is 37.5 Å². The molecule has 128 valence electrons. The first-order valence-electron chi connectivity index (χ1n) is 7.64. The molecule has 1 amide bonds. The third-order valence-corrected chi connectivity index (χ3v) is 3.69. The van der Waals surface area contributed by atoms with Crippen LogP contribution in [0.2, 0.25) is 5.02 Å². The Kier molecular flexibility index (Phi) is 6.52. The van der Waals surface area contributed by atoms with Gasteiger partial charge < -0.3 is 15.4 Å². The Bertz CT molecular complexity index is 681. The molecule has 0 spiro atoms. The molecular weight excluding hydrogens is 328 g/mol. The average molecular weight is 349 g/mol. The van der Waals surface area contributed by atoms with Crippen LogP contribution in [0.5, 0.6) is 0 Å². The molecule has 1 aromatic carbocycles. The number of aryl methyl sites for hydroxylation is 2. The SMILES string of the molecule is COCCCNC(=O)c1cnc(Nc2c(C)cc(C)cc2Cl)nc1. The molecule has 0 unspecified atom stereocenters. The second-order valence-electron chi connectivity index (χ2n) is 5.46. The Hall–Kier alpha value is -2.18. The number of anilines is 2. The summed E-state index contributed by atoms with van der Waals surface area (Å²) < 4.78 is 4.93. The molecule has 0 radical (unpaired) electrons. The molecule has 1 heterocycles. The zero-order valence-corrected chi connectivity index (χ0v) is 14.8. The molecule has 0 saturated carbocycles. The number of nitrogens with one attached hydrogen (secondary N) is 2. The van der Waals surface area contributed by atoms with Crippen LogP contribution >= 0.6 is 11.6 Å². The first-order valence-corrected chi connectivity index (χ1v) is 8.02. The molecule has 0 fully saturated rings. The van der Waals surface area contributed by atoms with E-state index in [-0.39, 0.29) is 5.91 Å². The minimum absolute atomic E-state index is 0.206. The molecule has 0 aliphatic heterocycles. The van der Waals surface area contributed by atoms with E-state index in [9.17, 15) is 4.79 Å². The van der Waals surface area contributed by atoms with E-state index in [0.717, 1.165) is 23.2 Å². The van der Waals surface area contributed by atoms with E-state index in [0.29, 0.717) is 29.7 Å². The van der Waals surface area contributed by atoms with Crippen molar-refractivity contribution in [1.82, 2.24) is 15.3 Å². The van der Waals surface area contributed by atoms with Crippen molar-refractivity contribution in [2.75, 3.05) is 25.6 Å². The highest BCUT2D eigenvalue weighted by molar-refractivity contribution is 6.33. The predicted octanol–water partition coefficient (Wildman–Crippen LogP) is 3.26. The first kappa shape index (κ1) is 18.2. The lowest BCUT2D eigenvalue weighted by molar-refractivity contribution is 0.0948. The van der Waals surface area contributed by atoms with E-state index in [1.54, 1.807) is 7.11 Å². The second-order valence-corrected chi connectivity index (χ2v) is 5.87. The van der Waals surface area contributed by atoms with Crippen molar-refractivity contribution < 1.29 is 9.53 Å². The van der Waals surface area contributed by atoms with Gasteiger partial charge in [-0.15, -0.1) is 0 Å². The quantitative estimate of drug-likeness (QED) is 0.751. The topological polar surface area (TPSA) is 76.1 Å². The summed E-state index contributed by atoms with van der Waals surface area (Å²) in [6, 6.07) is 3.90. The highest BCUT2D eigenvalue weighted by atomic mass is 35.5. The van der Waals surface area contributed by atoms with Crippen molar-refractivity contribution in [3.63, 3.8) is 0 Å². The number of methoxy groups -OCH3 is 1. The van der Waals surface area contributed by atoms with Crippen molar-refractivity contribution in [2.45, 2.75) is 20.3 Å². The minimum Gasteiger partial charge on any atom is -0.385 e. The van der Waals surface area contributed by atoms with Gasteiger partial charge in [-0.3, -0.25) is 4.79 Å². The number of aromatic nitrogens is 2. The van der Waals surface area contributed by atoms with E-state index in [2.05, 4.69) is 20.6 Å². The van der Waals surface area contributed by atoms with Crippen molar-refractivity contribution >= 4 is 29.1 Å². The van der Waals surface area contributed by atoms with Gasteiger partial charge in [0.05, 0.1) is 16.3 Å². The lowest BCUT2D eigenvalue weighted by Gasteiger charge is -2.11.